The first kappa shape index (κ1) is 18.4. The zero-order valence-electron chi connectivity index (χ0n) is 14.3. The van der Waals surface area contributed by atoms with Gasteiger partial charge in [-0.05, 0) is 48.5 Å². The van der Waals surface area contributed by atoms with E-state index in [1.165, 1.54) is 11.3 Å². The highest BCUT2D eigenvalue weighted by molar-refractivity contribution is 7.13. The largest absolute Gasteiger partial charge is 0.444 e. The molecular formula is C15H25N3O3S. The minimum Gasteiger partial charge on any atom is -0.444 e. The lowest BCUT2D eigenvalue weighted by atomic mass is 10.1. The number of hydrogen-bond donors (Lipinski definition) is 2. The summed E-state index contributed by atoms with van der Waals surface area (Å²) in [5, 5.41) is 6.43. The van der Waals surface area contributed by atoms with Crippen LogP contribution in [-0.2, 0) is 4.74 Å². The van der Waals surface area contributed by atoms with E-state index < -0.39 is 17.2 Å². The molecule has 1 heterocycles. The number of carbonyl (C=O) groups is 2. The highest BCUT2D eigenvalue weighted by atomic mass is 32.1. The maximum atomic E-state index is 12.3. The molecule has 1 aromatic heterocycles. The number of rotatable bonds is 4. The van der Waals surface area contributed by atoms with E-state index in [4.69, 9.17) is 4.74 Å². The Morgan fingerprint density at radius 1 is 1.18 bits per heavy atom. The fourth-order valence-corrected chi connectivity index (χ4v) is 2.57. The smallest absolute Gasteiger partial charge is 0.407 e. The summed E-state index contributed by atoms with van der Waals surface area (Å²) in [6.45, 7) is 13.0. The molecule has 0 bridgehead atoms. The Labute approximate surface area is 135 Å². The van der Waals surface area contributed by atoms with Crippen LogP contribution in [0.1, 0.15) is 55.0 Å². The SMILES string of the molecule is Cc1nc(C)c(C(=O)NC(C)(C)CNC(=O)OC(C)(C)C)s1. The standard InChI is InChI=1S/C15H25N3O3S/c1-9-11(22-10(2)17-9)12(19)18-15(6,7)8-16-13(20)21-14(3,4)5/h8H2,1-7H3,(H,16,20)(H,18,19). The number of hydrogen-bond acceptors (Lipinski definition) is 5. The number of carbonyl (C=O) groups excluding carboxylic acids is 2. The summed E-state index contributed by atoms with van der Waals surface area (Å²) in [4.78, 5) is 28.8. The van der Waals surface area contributed by atoms with Crippen molar-refractivity contribution >= 4 is 23.3 Å². The predicted molar refractivity (Wildman–Crippen MR) is 87.4 cm³/mol. The number of alkyl carbamates (subject to hydrolysis) is 1. The third kappa shape index (κ3) is 6.01. The van der Waals surface area contributed by atoms with E-state index in [2.05, 4.69) is 15.6 Å². The number of ether oxygens (including phenoxy) is 1. The Morgan fingerprint density at radius 3 is 2.23 bits per heavy atom. The second-order valence-corrected chi connectivity index (χ2v) is 8.04. The minimum absolute atomic E-state index is 0.181. The molecule has 0 aliphatic rings. The van der Waals surface area contributed by atoms with Gasteiger partial charge in [0, 0.05) is 6.54 Å². The number of nitrogens with one attached hydrogen (secondary N) is 2. The minimum atomic E-state index is -0.599. The third-order valence-electron chi connectivity index (χ3n) is 2.64. The van der Waals surface area contributed by atoms with E-state index in [0.717, 1.165) is 10.7 Å². The summed E-state index contributed by atoms with van der Waals surface area (Å²) in [6, 6.07) is 0. The molecule has 124 valence electrons. The molecule has 0 aliphatic heterocycles. The van der Waals surface area contributed by atoms with Crippen LogP contribution in [0.2, 0.25) is 0 Å². The molecule has 2 N–H and O–H groups in total. The number of amides is 2. The summed E-state index contributed by atoms with van der Waals surface area (Å²) < 4.78 is 5.17. The zero-order valence-corrected chi connectivity index (χ0v) is 15.1. The Kier molecular flexibility index (Phi) is 5.56. The summed E-state index contributed by atoms with van der Waals surface area (Å²) in [6.07, 6.45) is -0.500. The summed E-state index contributed by atoms with van der Waals surface area (Å²) >= 11 is 1.36. The second-order valence-electron chi connectivity index (χ2n) is 6.84. The van der Waals surface area contributed by atoms with E-state index >= 15 is 0 Å². The monoisotopic (exact) mass is 327 g/mol. The number of aryl methyl sites for hydroxylation is 2. The van der Waals surface area contributed by atoms with Crippen molar-refractivity contribution in [1.82, 2.24) is 15.6 Å². The topological polar surface area (TPSA) is 80.3 Å². The Bertz CT molecular complexity index is 559. The fraction of sp³-hybridized carbons (Fsp3) is 0.667. The number of thiazole rings is 1. The van der Waals surface area contributed by atoms with Crippen LogP contribution in [0.25, 0.3) is 0 Å². The van der Waals surface area contributed by atoms with Gasteiger partial charge in [-0.15, -0.1) is 11.3 Å². The number of nitrogens with zero attached hydrogens (tertiary/aromatic N) is 1. The summed E-state index contributed by atoms with van der Waals surface area (Å²) in [5.41, 5.74) is -0.427. The number of aromatic nitrogens is 1. The molecule has 0 saturated carbocycles. The fourth-order valence-electron chi connectivity index (χ4n) is 1.76. The van der Waals surface area contributed by atoms with Gasteiger partial charge < -0.3 is 15.4 Å². The molecule has 0 fully saturated rings. The van der Waals surface area contributed by atoms with Gasteiger partial charge in [0.15, 0.2) is 0 Å². The van der Waals surface area contributed by atoms with Crippen LogP contribution >= 0.6 is 11.3 Å². The summed E-state index contributed by atoms with van der Waals surface area (Å²) in [7, 11) is 0. The molecular weight excluding hydrogens is 302 g/mol. The molecule has 2 amide bonds. The lowest BCUT2D eigenvalue weighted by Gasteiger charge is -2.27. The van der Waals surface area contributed by atoms with E-state index in [1.54, 1.807) is 20.8 Å². The van der Waals surface area contributed by atoms with Crippen molar-refractivity contribution in [2.45, 2.75) is 59.6 Å². The van der Waals surface area contributed by atoms with Gasteiger partial charge in [-0.25, -0.2) is 9.78 Å². The molecule has 0 atom stereocenters. The van der Waals surface area contributed by atoms with E-state index in [1.807, 2.05) is 27.7 Å². The lowest BCUT2D eigenvalue weighted by Crippen LogP contribution is -2.52. The maximum Gasteiger partial charge on any atom is 0.407 e. The molecule has 0 aromatic carbocycles. The van der Waals surface area contributed by atoms with E-state index in [9.17, 15) is 9.59 Å². The lowest BCUT2D eigenvalue weighted by molar-refractivity contribution is 0.0509. The van der Waals surface area contributed by atoms with Crippen molar-refractivity contribution in [1.29, 1.82) is 0 Å². The van der Waals surface area contributed by atoms with Crippen LogP contribution in [0, 0.1) is 13.8 Å². The van der Waals surface area contributed by atoms with E-state index in [0.29, 0.717) is 4.88 Å². The molecule has 0 spiro atoms. The van der Waals surface area contributed by atoms with Gasteiger partial charge in [0.25, 0.3) is 5.91 Å². The molecule has 0 saturated heterocycles. The highest BCUT2D eigenvalue weighted by Gasteiger charge is 2.25. The highest BCUT2D eigenvalue weighted by Crippen LogP contribution is 2.18. The quantitative estimate of drug-likeness (QED) is 0.891. The van der Waals surface area contributed by atoms with Gasteiger partial charge >= 0.3 is 6.09 Å². The summed E-state index contributed by atoms with van der Waals surface area (Å²) in [5.74, 6) is -0.181. The first-order valence-corrected chi connectivity index (χ1v) is 7.95. The Balaban J connectivity index is 2.58. The molecule has 22 heavy (non-hydrogen) atoms. The third-order valence-corrected chi connectivity index (χ3v) is 3.71. The molecule has 6 nitrogen and oxygen atoms in total. The van der Waals surface area contributed by atoms with Crippen LogP contribution in [0.4, 0.5) is 4.79 Å². The molecule has 0 aliphatic carbocycles. The van der Waals surface area contributed by atoms with Gasteiger partial charge in [-0.1, -0.05) is 0 Å². The van der Waals surface area contributed by atoms with Crippen LogP contribution in [0.15, 0.2) is 0 Å². The Hall–Kier alpha value is -1.63. The normalized spacial score (nSPS) is 12.0. The maximum absolute atomic E-state index is 12.3. The van der Waals surface area contributed by atoms with Crippen molar-refractivity contribution in [2.75, 3.05) is 6.54 Å². The van der Waals surface area contributed by atoms with Crippen molar-refractivity contribution in [3.63, 3.8) is 0 Å². The van der Waals surface area contributed by atoms with Crippen LogP contribution in [0.3, 0.4) is 0 Å². The van der Waals surface area contributed by atoms with E-state index in [-0.39, 0.29) is 12.5 Å². The second kappa shape index (κ2) is 6.64. The first-order chi connectivity index (χ1) is 9.89. The van der Waals surface area contributed by atoms with Gasteiger partial charge in [0.2, 0.25) is 0 Å². The average Bonchev–Trinajstić information content (AvgIpc) is 2.63. The molecule has 0 radical (unpaired) electrons. The first-order valence-electron chi connectivity index (χ1n) is 7.13. The Morgan fingerprint density at radius 2 is 1.77 bits per heavy atom. The molecule has 1 rings (SSSR count). The van der Waals surface area contributed by atoms with Gasteiger partial charge in [-0.3, -0.25) is 4.79 Å². The molecule has 1 aromatic rings. The van der Waals surface area contributed by atoms with Gasteiger partial charge in [0.05, 0.1) is 16.2 Å². The van der Waals surface area contributed by atoms with Crippen molar-refractivity contribution in [2.24, 2.45) is 0 Å². The van der Waals surface area contributed by atoms with Crippen LogP contribution < -0.4 is 10.6 Å². The van der Waals surface area contributed by atoms with Crippen molar-refractivity contribution in [3.8, 4) is 0 Å². The van der Waals surface area contributed by atoms with Crippen molar-refractivity contribution < 1.29 is 14.3 Å². The average molecular weight is 327 g/mol. The van der Waals surface area contributed by atoms with Crippen LogP contribution in [0.5, 0.6) is 0 Å². The van der Waals surface area contributed by atoms with Gasteiger partial charge in [-0.2, -0.15) is 0 Å². The van der Waals surface area contributed by atoms with Gasteiger partial charge in [0.1, 0.15) is 10.5 Å². The predicted octanol–water partition coefficient (Wildman–Crippen LogP) is 2.79. The van der Waals surface area contributed by atoms with Crippen LogP contribution in [-0.4, -0.2) is 34.7 Å². The van der Waals surface area contributed by atoms with Crippen molar-refractivity contribution in [3.05, 3.63) is 15.6 Å². The zero-order chi connectivity index (χ0) is 17.1. The molecule has 7 heteroatoms. The molecule has 0 unspecified atom stereocenters.